The van der Waals surface area contributed by atoms with E-state index in [-0.39, 0.29) is 0 Å². The van der Waals surface area contributed by atoms with Gasteiger partial charge in [-0.15, -0.1) is 0 Å². The molecule has 2 aliphatic rings. The smallest absolute Gasteiger partial charge is 0.0641 e. The molecule has 552 valence electrons. The lowest BCUT2D eigenvalue weighted by Gasteiger charge is -2.28. The Hall–Kier alpha value is -14.9. The molecule has 2 aromatic heterocycles. The SMILES string of the molecule is Brc1cc(-c2ccccc2)cc(-c2ccccc2)c1.c1ccc(-c2cc(-c3ccccc3)cc(N3c4ccccc4-c4[nH]c5ccccc5c4-c4ccccc43)c2)cc1.c1ccc(-c2cc(-c3ccccc3)cc(N3c4ccccc4-c4c(n(-c5cc(-c6ccccc6)cc(-c6ccccc6)c5)c5ccccc45)-c4ccccc43)c2)cc1. The fraction of sp³-hybridized carbons (Fsp3) is 0. The highest BCUT2D eigenvalue weighted by Crippen LogP contribution is 2.57. The normalized spacial score (nSPS) is 11.6. The van der Waals surface area contributed by atoms with Crippen LogP contribution in [0.25, 0.3) is 161 Å². The Balaban J connectivity index is 0.000000128. The zero-order valence-electron chi connectivity index (χ0n) is 64.1. The first-order valence-corrected chi connectivity index (χ1v) is 40.7. The van der Waals surface area contributed by atoms with Crippen molar-refractivity contribution in [3.05, 3.63) is 466 Å². The minimum Gasteiger partial charge on any atom is -0.354 e. The fourth-order valence-electron chi connectivity index (χ4n) is 17.2. The number of aromatic nitrogens is 2. The monoisotopic (exact) mass is 1560 g/mol. The van der Waals surface area contributed by atoms with E-state index in [4.69, 9.17) is 0 Å². The number of H-pyrrole nitrogens is 1. The third kappa shape index (κ3) is 13.9. The highest BCUT2D eigenvalue weighted by Gasteiger charge is 2.33. The van der Waals surface area contributed by atoms with E-state index < -0.39 is 0 Å². The topological polar surface area (TPSA) is 27.2 Å². The average molecular weight is 1560 g/mol. The number of fused-ring (bicyclic) bond motifs is 14. The van der Waals surface area contributed by atoms with Crippen LogP contribution in [0.1, 0.15) is 0 Å². The van der Waals surface area contributed by atoms with Crippen molar-refractivity contribution >= 4 is 71.9 Å². The lowest BCUT2D eigenvalue weighted by molar-refractivity contribution is 1.14. The largest absolute Gasteiger partial charge is 0.354 e. The van der Waals surface area contributed by atoms with Crippen LogP contribution in [-0.2, 0) is 0 Å². The molecule has 0 amide bonds. The number of rotatable bonds is 11. The van der Waals surface area contributed by atoms with E-state index in [2.05, 4.69) is 484 Å². The van der Waals surface area contributed by atoms with Gasteiger partial charge in [0.1, 0.15) is 0 Å². The van der Waals surface area contributed by atoms with Crippen molar-refractivity contribution < 1.29 is 0 Å². The molecule has 1 N–H and O–H groups in total. The van der Waals surface area contributed by atoms with Gasteiger partial charge < -0.3 is 19.4 Å². The summed E-state index contributed by atoms with van der Waals surface area (Å²) in [5.74, 6) is 0. The third-order valence-corrected chi connectivity index (χ3v) is 23.0. The Bertz CT molecular complexity index is 6750. The van der Waals surface area contributed by atoms with Crippen LogP contribution in [0.2, 0.25) is 0 Å². The summed E-state index contributed by atoms with van der Waals surface area (Å²) >= 11 is 3.61. The molecule has 0 spiro atoms. The van der Waals surface area contributed by atoms with Crippen LogP contribution in [0.4, 0.5) is 34.1 Å². The molecule has 0 fully saturated rings. The van der Waals surface area contributed by atoms with Crippen molar-refractivity contribution in [1.82, 2.24) is 9.55 Å². The van der Waals surface area contributed by atoms with Crippen molar-refractivity contribution in [3.8, 4) is 139 Å². The van der Waals surface area contributed by atoms with Crippen molar-refractivity contribution in [2.45, 2.75) is 0 Å². The van der Waals surface area contributed by atoms with Crippen LogP contribution in [0, 0.1) is 0 Å². The molecule has 0 aliphatic carbocycles. The predicted octanol–water partition coefficient (Wildman–Crippen LogP) is 31.8. The average Bonchev–Trinajstić information content (AvgIpc) is 1.58. The summed E-state index contributed by atoms with van der Waals surface area (Å²) in [5, 5.41) is 2.46. The molecule has 0 bridgehead atoms. The number of hydrogen-bond donors (Lipinski definition) is 1. The van der Waals surface area contributed by atoms with Crippen LogP contribution in [0.15, 0.2) is 466 Å². The molecule has 4 nitrogen and oxygen atoms in total. The standard InChI is InChI=1S/C56H38N2.C38H26N2.C18H13Br/c1-5-19-39(20-6-1)43-33-44(40-21-7-2-8-22-40)36-47(35-43)57-52-30-16-13-27-49(52)55-50-28-14-17-31-53(50)58(56(55)51-29-15-18-32-54(51)57)48-37-45(41-23-9-3-10-24-41)34-46(38-48)42-25-11-4-12-26-42;1-3-13-26(14-4-1)28-23-29(27-15-5-2-6-16-27)25-30(24-28)40-35-21-11-8-18-32(35)37-31-17-7-10-20-34(31)39-38(37)33-19-9-12-22-36(33)40;19-18-12-16(14-7-3-1-4-8-14)11-17(13-18)15-9-5-2-6-10-15/h1-38H;1-25,39H;1-13H. The quantitative estimate of drug-likeness (QED) is 0.140. The molecule has 0 saturated carbocycles. The summed E-state index contributed by atoms with van der Waals surface area (Å²) in [6.07, 6.45) is 0. The van der Waals surface area contributed by atoms with Gasteiger partial charge in [0.25, 0.3) is 0 Å². The van der Waals surface area contributed by atoms with Crippen LogP contribution >= 0.6 is 15.9 Å². The van der Waals surface area contributed by atoms with Crippen molar-refractivity contribution in [3.63, 3.8) is 0 Å². The summed E-state index contributed by atoms with van der Waals surface area (Å²) in [6, 6.07) is 166. The van der Waals surface area contributed by atoms with Gasteiger partial charge in [-0.3, -0.25) is 0 Å². The highest BCUT2D eigenvalue weighted by molar-refractivity contribution is 9.10. The molecule has 0 unspecified atom stereocenters. The van der Waals surface area contributed by atoms with Gasteiger partial charge in [-0.05, 0) is 198 Å². The van der Waals surface area contributed by atoms with Gasteiger partial charge in [0.05, 0.1) is 39.7 Å². The Labute approximate surface area is 691 Å². The highest BCUT2D eigenvalue weighted by atomic mass is 79.9. The predicted molar refractivity (Wildman–Crippen MR) is 497 cm³/mol. The van der Waals surface area contributed by atoms with Gasteiger partial charge in [0.15, 0.2) is 0 Å². The van der Waals surface area contributed by atoms with Crippen LogP contribution in [0.5, 0.6) is 0 Å². The molecular formula is C112H77BrN4. The zero-order chi connectivity index (χ0) is 78.0. The number of aromatic amines is 1. The minimum atomic E-state index is 1.10. The van der Waals surface area contributed by atoms with E-state index in [1.54, 1.807) is 0 Å². The van der Waals surface area contributed by atoms with Crippen molar-refractivity contribution in [2.24, 2.45) is 0 Å². The fourth-order valence-corrected chi connectivity index (χ4v) is 17.7. The van der Waals surface area contributed by atoms with Gasteiger partial charge in [-0.2, -0.15) is 0 Å². The third-order valence-electron chi connectivity index (χ3n) is 22.5. The number of nitrogens with zero attached hydrogens (tertiary/aromatic N) is 3. The van der Waals surface area contributed by atoms with Crippen molar-refractivity contribution in [1.29, 1.82) is 0 Å². The maximum atomic E-state index is 3.77. The molecule has 2 aliphatic heterocycles. The second-order valence-electron chi connectivity index (χ2n) is 29.7. The summed E-state index contributed by atoms with van der Waals surface area (Å²) in [6.45, 7) is 0. The first-order chi connectivity index (χ1) is 58.0. The van der Waals surface area contributed by atoms with E-state index in [1.165, 1.54) is 150 Å². The number of halogens is 1. The number of nitrogens with one attached hydrogen (secondary N) is 1. The molecule has 18 aromatic carbocycles. The number of benzene rings is 18. The van der Waals surface area contributed by atoms with Gasteiger partial charge in [-0.1, -0.05) is 368 Å². The summed E-state index contributed by atoms with van der Waals surface area (Å²) in [5.41, 5.74) is 39.1. The molecule has 20 aromatic rings. The lowest BCUT2D eigenvalue weighted by atomic mass is 9.97. The lowest BCUT2D eigenvalue weighted by Crippen LogP contribution is -2.11. The molecule has 4 heterocycles. The van der Waals surface area contributed by atoms with Crippen LogP contribution in [-0.4, -0.2) is 9.55 Å². The molecular weight excluding hydrogens is 1480 g/mol. The molecule has 117 heavy (non-hydrogen) atoms. The summed E-state index contributed by atoms with van der Waals surface area (Å²) < 4.78 is 3.62. The van der Waals surface area contributed by atoms with Crippen molar-refractivity contribution in [2.75, 3.05) is 9.80 Å². The molecule has 0 atom stereocenters. The molecule has 0 radical (unpaired) electrons. The van der Waals surface area contributed by atoms with Gasteiger partial charge in [-0.25, -0.2) is 0 Å². The second-order valence-corrected chi connectivity index (χ2v) is 30.6. The first-order valence-electron chi connectivity index (χ1n) is 39.9. The van der Waals surface area contributed by atoms with E-state index >= 15 is 0 Å². The minimum absolute atomic E-state index is 1.10. The van der Waals surface area contributed by atoms with Crippen LogP contribution < -0.4 is 9.80 Å². The van der Waals surface area contributed by atoms with Crippen LogP contribution in [0.3, 0.4) is 0 Å². The maximum Gasteiger partial charge on any atom is 0.0641 e. The van der Waals surface area contributed by atoms with E-state index in [0.29, 0.717) is 0 Å². The Morgan fingerprint density at radius 2 is 0.462 bits per heavy atom. The Kier molecular flexibility index (Phi) is 19.2. The Morgan fingerprint density at radius 3 is 0.838 bits per heavy atom. The van der Waals surface area contributed by atoms with E-state index in [0.717, 1.165) is 49.8 Å². The second kappa shape index (κ2) is 31.6. The number of hydrogen-bond acceptors (Lipinski definition) is 2. The molecule has 5 heteroatoms. The Morgan fingerprint density at radius 1 is 0.197 bits per heavy atom. The van der Waals surface area contributed by atoms with Gasteiger partial charge >= 0.3 is 0 Å². The summed E-state index contributed by atoms with van der Waals surface area (Å²) in [7, 11) is 0. The summed E-state index contributed by atoms with van der Waals surface area (Å²) in [4.78, 5) is 8.69. The van der Waals surface area contributed by atoms with Gasteiger partial charge in [0, 0.05) is 71.2 Å². The molecule has 22 rings (SSSR count). The maximum absolute atomic E-state index is 3.77. The van der Waals surface area contributed by atoms with Gasteiger partial charge in [0.2, 0.25) is 0 Å². The van der Waals surface area contributed by atoms with E-state index in [1.807, 2.05) is 12.1 Å². The number of anilines is 6. The first kappa shape index (κ1) is 71.2. The van der Waals surface area contributed by atoms with E-state index in [9.17, 15) is 0 Å². The molecule has 0 saturated heterocycles. The zero-order valence-corrected chi connectivity index (χ0v) is 65.7. The number of para-hydroxylation sites is 6.